The molecule has 0 saturated heterocycles. The smallest absolute Gasteiger partial charge is 1.00 e. The van der Waals surface area contributed by atoms with Gasteiger partial charge in [-0.2, -0.15) is 0 Å². The van der Waals surface area contributed by atoms with Gasteiger partial charge in [-0.15, -0.1) is 0 Å². The third-order valence-electron chi connectivity index (χ3n) is 3.37. The van der Waals surface area contributed by atoms with Crippen LogP contribution in [0.1, 0.15) is 74.2 Å². The Labute approximate surface area is 205 Å². The van der Waals surface area contributed by atoms with Gasteiger partial charge >= 0.3 is 35.0 Å². The molecule has 0 radical (unpaired) electrons. The Morgan fingerprint density at radius 1 is 0.806 bits per heavy atom. The van der Waals surface area contributed by atoms with Crippen molar-refractivity contribution in [1.29, 1.82) is 0 Å². The molecule has 0 unspecified atom stereocenters. The molecule has 0 spiro atoms. The normalized spacial score (nSPS) is 10.3. The molecule has 0 atom stereocenters. The first-order valence-corrected chi connectivity index (χ1v) is 8.89. The molecule has 2 rings (SSSR count). The molecule has 2 N–H and O–H groups in total. The first-order chi connectivity index (χ1) is 12.9. The standard InChI is InChI=1S/C10H12O5.C10H16O3.CH3.ClH.Mg/c1-3-13-9(11)7-5-6-8(15-7)10(12)14-4-2;1-9(2,11)7-5-6-8(13-7)10(3,4)12;;;/h5-6H,3-4H2,1-2H3;5-6,11-12H,1-4H3;1H3;1H;/q;;-1;;+2/p-1. The van der Waals surface area contributed by atoms with Gasteiger partial charge < -0.3 is 48.4 Å². The van der Waals surface area contributed by atoms with Crippen LogP contribution in [-0.4, -0.2) is 58.4 Å². The second kappa shape index (κ2) is 14.5. The van der Waals surface area contributed by atoms with Crippen LogP contribution in [0.3, 0.4) is 0 Å². The van der Waals surface area contributed by atoms with Gasteiger partial charge in [0.25, 0.3) is 0 Å². The summed E-state index contributed by atoms with van der Waals surface area (Å²) >= 11 is 0. The molecule has 10 heteroatoms. The van der Waals surface area contributed by atoms with Crippen LogP contribution in [0.15, 0.2) is 33.1 Å². The zero-order valence-electron chi connectivity index (χ0n) is 19.2. The number of carbonyl (C=O) groups is 2. The fourth-order valence-electron chi connectivity index (χ4n) is 1.96. The number of halogens is 1. The molecule has 2 aromatic rings. The molecule has 0 fully saturated rings. The van der Waals surface area contributed by atoms with Gasteiger partial charge in [0, 0.05) is 0 Å². The first-order valence-electron chi connectivity index (χ1n) is 8.89. The second-order valence-corrected chi connectivity index (χ2v) is 6.89. The zero-order valence-corrected chi connectivity index (χ0v) is 21.3. The van der Waals surface area contributed by atoms with E-state index in [-0.39, 0.29) is 67.6 Å². The molecular formula is C21H31ClMgO8. The van der Waals surface area contributed by atoms with Crippen LogP contribution in [0.25, 0.3) is 0 Å². The molecule has 0 aliphatic rings. The van der Waals surface area contributed by atoms with Gasteiger partial charge in [-0.25, -0.2) is 9.59 Å². The predicted molar refractivity (Wildman–Crippen MR) is 112 cm³/mol. The Kier molecular flexibility index (Phi) is 16.0. The molecule has 2 heterocycles. The first kappa shape index (κ1) is 34.1. The van der Waals surface area contributed by atoms with Crippen molar-refractivity contribution in [3.05, 3.63) is 54.7 Å². The van der Waals surface area contributed by atoms with E-state index in [4.69, 9.17) is 18.3 Å². The van der Waals surface area contributed by atoms with Crippen LogP contribution in [0, 0.1) is 7.43 Å². The Hall–Kier alpha value is -1.52. The maximum atomic E-state index is 11.2. The zero-order chi connectivity index (χ0) is 21.5. The Balaban J connectivity index is -0.000000465. The van der Waals surface area contributed by atoms with Crippen LogP contribution in [-0.2, 0) is 20.7 Å². The fraction of sp³-hybridized carbons (Fsp3) is 0.476. The van der Waals surface area contributed by atoms with E-state index in [2.05, 4.69) is 0 Å². The van der Waals surface area contributed by atoms with Crippen LogP contribution in [0.2, 0.25) is 0 Å². The van der Waals surface area contributed by atoms with Crippen molar-refractivity contribution in [2.75, 3.05) is 13.2 Å². The van der Waals surface area contributed by atoms with Crippen molar-refractivity contribution in [3.63, 3.8) is 0 Å². The van der Waals surface area contributed by atoms with Crippen LogP contribution in [0.4, 0.5) is 0 Å². The molecule has 0 aliphatic heterocycles. The SMILES string of the molecule is CC(C)(O)c1ccc(C(C)(C)O)o1.CCOC(=O)c1ccc(C(=O)OCC)o1.[CH3-].[Cl-].[Mg+2]. The average molecular weight is 471 g/mol. The maximum absolute atomic E-state index is 11.2. The van der Waals surface area contributed by atoms with Crippen molar-refractivity contribution in [2.24, 2.45) is 0 Å². The van der Waals surface area contributed by atoms with Crippen molar-refractivity contribution < 1.29 is 50.5 Å². The average Bonchev–Trinajstić information content (AvgIpc) is 3.25. The van der Waals surface area contributed by atoms with E-state index in [0.717, 1.165) is 0 Å². The molecule has 2 aromatic heterocycles. The number of hydrogen-bond donors (Lipinski definition) is 2. The van der Waals surface area contributed by atoms with E-state index in [1.807, 2.05) is 0 Å². The van der Waals surface area contributed by atoms with E-state index < -0.39 is 23.1 Å². The molecular weight excluding hydrogens is 440 g/mol. The fourth-order valence-corrected chi connectivity index (χ4v) is 1.96. The molecule has 0 aliphatic carbocycles. The molecule has 31 heavy (non-hydrogen) atoms. The molecule has 172 valence electrons. The van der Waals surface area contributed by atoms with Crippen molar-refractivity contribution >= 4 is 35.0 Å². The van der Waals surface area contributed by atoms with Gasteiger partial charge in [-0.1, -0.05) is 0 Å². The second-order valence-electron chi connectivity index (χ2n) is 6.89. The number of carbonyl (C=O) groups excluding carboxylic acids is 2. The van der Waals surface area contributed by atoms with Gasteiger partial charge in [-0.05, 0) is 65.8 Å². The number of aliphatic hydroxyl groups is 2. The van der Waals surface area contributed by atoms with Crippen molar-refractivity contribution in [2.45, 2.75) is 52.7 Å². The van der Waals surface area contributed by atoms with E-state index in [9.17, 15) is 19.8 Å². The van der Waals surface area contributed by atoms with Crippen LogP contribution < -0.4 is 12.4 Å². The summed E-state index contributed by atoms with van der Waals surface area (Å²) in [5.74, 6) is -0.254. The number of furan rings is 2. The predicted octanol–water partition coefficient (Wildman–Crippen LogP) is 0.441. The van der Waals surface area contributed by atoms with Gasteiger partial charge in [0.1, 0.15) is 22.7 Å². The maximum Gasteiger partial charge on any atom is 2.00 e. The van der Waals surface area contributed by atoms with E-state index in [0.29, 0.717) is 11.5 Å². The Morgan fingerprint density at radius 2 is 1.13 bits per heavy atom. The minimum absolute atomic E-state index is 0. The summed E-state index contributed by atoms with van der Waals surface area (Å²) in [6.07, 6.45) is 0. The summed E-state index contributed by atoms with van der Waals surface area (Å²) in [4.78, 5) is 22.3. The minimum atomic E-state index is -0.997. The van der Waals surface area contributed by atoms with Crippen LogP contribution >= 0.6 is 0 Å². The molecule has 0 saturated carbocycles. The van der Waals surface area contributed by atoms with Gasteiger partial charge in [0.2, 0.25) is 11.5 Å². The number of hydrogen-bond acceptors (Lipinski definition) is 8. The number of rotatable bonds is 6. The van der Waals surface area contributed by atoms with Crippen molar-refractivity contribution in [1.82, 2.24) is 0 Å². The third kappa shape index (κ3) is 11.1. The summed E-state index contributed by atoms with van der Waals surface area (Å²) < 4.78 is 19.7. The summed E-state index contributed by atoms with van der Waals surface area (Å²) in [5, 5.41) is 19.2. The summed E-state index contributed by atoms with van der Waals surface area (Å²) in [7, 11) is 0. The Bertz CT molecular complexity index is 723. The summed E-state index contributed by atoms with van der Waals surface area (Å²) in [5.41, 5.74) is -1.99. The summed E-state index contributed by atoms with van der Waals surface area (Å²) in [6, 6.07) is 6.11. The van der Waals surface area contributed by atoms with E-state index in [1.54, 1.807) is 53.7 Å². The molecule has 0 aromatic carbocycles. The molecule has 0 amide bonds. The number of esters is 2. The monoisotopic (exact) mass is 470 g/mol. The topological polar surface area (TPSA) is 119 Å². The summed E-state index contributed by atoms with van der Waals surface area (Å²) in [6.45, 7) is 10.4. The quantitative estimate of drug-likeness (QED) is 0.354. The molecule has 0 bridgehead atoms. The van der Waals surface area contributed by atoms with Crippen LogP contribution in [0.5, 0.6) is 0 Å². The third-order valence-corrected chi connectivity index (χ3v) is 3.37. The minimum Gasteiger partial charge on any atom is -1.00 e. The number of ether oxygens (including phenoxy) is 2. The largest absolute Gasteiger partial charge is 2.00 e. The van der Waals surface area contributed by atoms with Crippen molar-refractivity contribution in [3.8, 4) is 0 Å². The van der Waals surface area contributed by atoms with E-state index >= 15 is 0 Å². The van der Waals surface area contributed by atoms with Gasteiger partial charge in [-0.3, -0.25) is 0 Å². The van der Waals surface area contributed by atoms with E-state index in [1.165, 1.54) is 12.1 Å². The Morgan fingerprint density at radius 3 is 1.35 bits per heavy atom. The van der Waals surface area contributed by atoms with Gasteiger partial charge in [0.05, 0.1) is 13.2 Å². The molecule has 8 nitrogen and oxygen atoms in total. The van der Waals surface area contributed by atoms with Gasteiger partial charge in [0.15, 0.2) is 0 Å².